The fourth-order valence-electron chi connectivity index (χ4n) is 2.35. The van der Waals surface area contributed by atoms with Gasteiger partial charge in [0, 0.05) is 38.6 Å². The van der Waals surface area contributed by atoms with Gasteiger partial charge in [-0.15, -0.1) is 11.3 Å². The molecular formula is C18H25F2N5O2S. The third-order valence-electron chi connectivity index (χ3n) is 3.60. The first-order chi connectivity index (χ1) is 13.4. The second kappa shape index (κ2) is 10.6. The lowest BCUT2D eigenvalue weighted by atomic mass is 10.2. The molecule has 1 aromatic heterocycles. The number of halogens is 2. The van der Waals surface area contributed by atoms with E-state index in [4.69, 9.17) is 4.74 Å². The van der Waals surface area contributed by atoms with Crippen molar-refractivity contribution in [2.45, 2.75) is 26.6 Å². The largest absolute Gasteiger partial charge is 0.490 e. The molecule has 0 aliphatic carbocycles. The van der Waals surface area contributed by atoms with Crippen LogP contribution >= 0.6 is 11.3 Å². The first-order valence-electron chi connectivity index (χ1n) is 8.70. The summed E-state index contributed by atoms with van der Waals surface area (Å²) in [5, 5.41) is 9.13. The molecule has 2 aromatic rings. The van der Waals surface area contributed by atoms with Crippen LogP contribution in [0.5, 0.6) is 11.5 Å². The molecule has 2 rings (SSSR count). The molecule has 0 saturated heterocycles. The Morgan fingerprint density at radius 1 is 1.29 bits per heavy atom. The molecule has 0 aliphatic rings. The van der Waals surface area contributed by atoms with Crippen molar-refractivity contribution in [1.29, 1.82) is 0 Å². The number of alkyl halides is 2. The maximum absolute atomic E-state index is 12.8. The number of hydrogen-bond acceptors (Lipinski definition) is 6. The van der Waals surface area contributed by atoms with Gasteiger partial charge in [-0.05, 0) is 13.0 Å². The fourth-order valence-corrected chi connectivity index (χ4v) is 3.11. The first kappa shape index (κ1) is 21.7. The number of aromatic nitrogens is 1. The predicted octanol–water partition coefficient (Wildman–Crippen LogP) is 3.07. The topological polar surface area (TPSA) is 71.0 Å². The number of benzene rings is 1. The lowest BCUT2D eigenvalue weighted by Crippen LogP contribution is -2.36. The third kappa shape index (κ3) is 6.22. The van der Waals surface area contributed by atoms with E-state index in [0.29, 0.717) is 24.7 Å². The van der Waals surface area contributed by atoms with Crippen molar-refractivity contribution in [3.05, 3.63) is 34.8 Å². The number of nitrogens with one attached hydrogen (secondary N) is 2. The molecule has 0 radical (unpaired) electrons. The highest BCUT2D eigenvalue weighted by Crippen LogP contribution is 2.32. The number of aliphatic imine (C=N–C) groups is 1. The van der Waals surface area contributed by atoms with Crippen molar-refractivity contribution in [3.8, 4) is 11.5 Å². The van der Waals surface area contributed by atoms with Crippen LogP contribution in [0, 0.1) is 0 Å². The Kier molecular flexibility index (Phi) is 8.24. The monoisotopic (exact) mass is 413 g/mol. The van der Waals surface area contributed by atoms with E-state index in [1.54, 1.807) is 43.5 Å². The van der Waals surface area contributed by atoms with Crippen LogP contribution in [0.3, 0.4) is 0 Å². The van der Waals surface area contributed by atoms with Crippen LogP contribution in [-0.4, -0.2) is 45.3 Å². The Labute approximate surface area is 167 Å². The highest BCUT2D eigenvalue weighted by atomic mass is 32.1. The van der Waals surface area contributed by atoms with E-state index in [9.17, 15) is 8.78 Å². The van der Waals surface area contributed by atoms with Crippen molar-refractivity contribution in [3.63, 3.8) is 0 Å². The summed E-state index contributed by atoms with van der Waals surface area (Å²) < 4.78 is 35.7. The second-order valence-corrected chi connectivity index (χ2v) is 6.69. The Hall–Kier alpha value is -2.62. The lowest BCUT2D eigenvalue weighted by Gasteiger charge is -2.17. The van der Waals surface area contributed by atoms with Crippen LogP contribution in [0.2, 0.25) is 0 Å². The molecule has 10 heteroatoms. The molecule has 0 bridgehead atoms. The van der Waals surface area contributed by atoms with Crippen LogP contribution in [0.25, 0.3) is 0 Å². The van der Waals surface area contributed by atoms with Gasteiger partial charge in [-0.1, -0.05) is 12.1 Å². The summed E-state index contributed by atoms with van der Waals surface area (Å²) in [6, 6.07) is 5.03. The molecule has 0 unspecified atom stereocenters. The van der Waals surface area contributed by atoms with E-state index in [1.807, 2.05) is 24.4 Å². The predicted molar refractivity (Wildman–Crippen MR) is 108 cm³/mol. The van der Waals surface area contributed by atoms with Crippen LogP contribution in [0.4, 0.5) is 13.9 Å². The van der Waals surface area contributed by atoms with Gasteiger partial charge in [-0.25, -0.2) is 4.98 Å². The lowest BCUT2D eigenvalue weighted by molar-refractivity contribution is -0.0520. The minimum Gasteiger partial charge on any atom is -0.490 e. The molecule has 1 heterocycles. The number of guanidine groups is 1. The minimum atomic E-state index is -2.94. The van der Waals surface area contributed by atoms with Crippen molar-refractivity contribution < 1.29 is 18.3 Å². The number of thiazole rings is 1. The fraction of sp³-hybridized carbons (Fsp3) is 0.444. The van der Waals surface area contributed by atoms with Gasteiger partial charge in [0.15, 0.2) is 22.6 Å². The quantitative estimate of drug-likeness (QED) is 0.486. The van der Waals surface area contributed by atoms with Gasteiger partial charge in [0.1, 0.15) is 0 Å². The number of hydrogen-bond donors (Lipinski definition) is 2. The number of ether oxygens (including phenoxy) is 2. The maximum atomic E-state index is 12.8. The van der Waals surface area contributed by atoms with E-state index in [0.717, 1.165) is 10.8 Å². The minimum absolute atomic E-state index is 0.0254. The van der Waals surface area contributed by atoms with Crippen molar-refractivity contribution >= 4 is 22.4 Å². The van der Waals surface area contributed by atoms with Gasteiger partial charge in [-0.3, -0.25) is 4.99 Å². The zero-order chi connectivity index (χ0) is 20.5. The first-order valence-corrected chi connectivity index (χ1v) is 9.58. The summed E-state index contributed by atoms with van der Waals surface area (Å²) in [5.41, 5.74) is 1.43. The molecule has 0 saturated carbocycles. The average molecular weight is 413 g/mol. The highest BCUT2D eigenvalue weighted by Gasteiger charge is 2.16. The van der Waals surface area contributed by atoms with Gasteiger partial charge < -0.3 is 25.0 Å². The number of nitrogens with zero attached hydrogens (tertiary/aromatic N) is 3. The summed E-state index contributed by atoms with van der Waals surface area (Å²) in [5.74, 6) is 0.824. The van der Waals surface area contributed by atoms with E-state index < -0.39 is 6.61 Å². The maximum Gasteiger partial charge on any atom is 0.387 e. The summed E-state index contributed by atoms with van der Waals surface area (Å²) in [6.07, 6.45) is 0. The molecule has 0 fully saturated rings. The van der Waals surface area contributed by atoms with Gasteiger partial charge in [0.25, 0.3) is 0 Å². The Bertz CT molecular complexity index is 783. The molecule has 28 heavy (non-hydrogen) atoms. The molecule has 2 N–H and O–H groups in total. The average Bonchev–Trinajstić information content (AvgIpc) is 3.13. The van der Waals surface area contributed by atoms with Crippen LogP contribution < -0.4 is 25.0 Å². The smallest absolute Gasteiger partial charge is 0.387 e. The SMILES string of the molecule is CCOc1cccc(CNC(=NC)NCc2csc(N(C)C)n2)c1OC(F)F. The summed E-state index contributed by atoms with van der Waals surface area (Å²) in [7, 11) is 5.51. The number of rotatable bonds is 9. The van der Waals surface area contributed by atoms with Crippen LogP contribution in [0.15, 0.2) is 28.6 Å². The summed E-state index contributed by atoms with van der Waals surface area (Å²) in [4.78, 5) is 10.6. The molecule has 154 valence electrons. The number of anilines is 1. The third-order valence-corrected chi connectivity index (χ3v) is 4.65. The molecule has 1 aromatic carbocycles. The molecule has 0 spiro atoms. The second-order valence-electron chi connectivity index (χ2n) is 5.85. The Balaban J connectivity index is 2.01. The van der Waals surface area contributed by atoms with Crippen molar-refractivity contribution in [1.82, 2.24) is 15.6 Å². The van der Waals surface area contributed by atoms with E-state index in [1.165, 1.54) is 0 Å². The standard InChI is InChI=1S/C18H25F2N5O2S/c1-5-26-14-8-6-7-12(15(14)27-16(19)20)9-22-17(21-2)23-10-13-11-28-18(24-13)25(3)4/h6-8,11,16H,5,9-10H2,1-4H3,(H2,21,22,23). The van der Waals surface area contributed by atoms with Gasteiger partial charge in [0.05, 0.1) is 18.8 Å². The molecule has 0 amide bonds. The highest BCUT2D eigenvalue weighted by molar-refractivity contribution is 7.13. The normalized spacial score (nSPS) is 11.5. The van der Waals surface area contributed by atoms with Crippen LogP contribution in [-0.2, 0) is 13.1 Å². The van der Waals surface area contributed by atoms with E-state index in [2.05, 4.69) is 25.3 Å². The van der Waals surface area contributed by atoms with E-state index in [-0.39, 0.29) is 18.0 Å². The van der Waals surface area contributed by atoms with Crippen molar-refractivity contribution in [2.24, 2.45) is 4.99 Å². The number of para-hydroxylation sites is 1. The molecular weight excluding hydrogens is 388 g/mol. The molecule has 0 aliphatic heterocycles. The van der Waals surface area contributed by atoms with Gasteiger partial charge in [0.2, 0.25) is 0 Å². The van der Waals surface area contributed by atoms with E-state index >= 15 is 0 Å². The zero-order valence-electron chi connectivity index (χ0n) is 16.3. The van der Waals surface area contributed by atoms with Gasteiger partial charge in [-0.2, -0.15) is 8.78 Å². The Morgan fingerprint density at radius 2 is 2.04 bits per heavy atom. The summed E-state index contributed by atoms with van der Waals surface area (Å²) >= 11 is 1.55. The molecule has 0 atom stereocenters. The summed E-state index contributed by atoms with van der Waals surface area (Å²) in [6.45, 7) is -0.0782. The van der Waals surface area contributed by atoms with Crippen molar-refractivity contribution in [2.75, 3.05) is 32.6 Å². The zero-order valence-corrected chi connectivity index (χ0v) is 17.1. The van der Waals surface area contributed by atoms with Gasteiger partial charge >= 0.3 is 6.61 Å². The van der Waals surface area contributed by atoms with Crippen LogP contribution in [0.1, 0.15) is 18.2 Å². The Morgan fingerprint density at radius 3 is 2.64 bits per heavy atom. The molecule has 7 nitrogen and oxygen atoms in total.